The number of carbonyl (C=O) groups excluding carboxylic acids is 2. The number of anilines is 1. The molecular weight excluding hydrogens is 336 g/mol. The Hall–Kier alpha value is -2.54. The number of rotatable bonds is 9. The fraction of sp³-hybridized carbons (Fsp3) is 0.278. The maximum Gasteiger partial charge on any atom is 0.312 e. The van der Waals surface area contributed by atoms with Crippen LogP contribution < -0.4 is 16.4 Å². The van der Waals surface area contributed by atoms with Crippen LogP contribution in [0.4, 0.5) is 10.5 Å². The molecule has 1 heterocycles. The lowest BCUT2D eigenvalue weighted by molar-refractivity contribution is -0.116. The zero-order valence-electron chi connectivity index (χ0n) is 13.9. The van der Waals surface area contributed by atoms with E-state index in [1.165, 1.54) is 5.56 Å². The third-order valence-electron chi connectivity index (χ3n) is 3.40. The fourth-order valence-electron chi connectivity index (χ4n) is 2.13. The van der Waals surface area contributed by atoms with Crippen molar-refractivity contribution in [3.63, 3.8) is 0 Å². The highest BCUT2D eigenvalue weighted by atomic mass is 32.2. The standard InChI is InChI=1S/C18H22N4O2S/c19-18(24)21-11-2-1-5-17(23)22-15-6-8-16(9-7-15)25-13-14-4-3-10-20-12-14/h3-4,6-10,12H,1-2,5,11,13H2,(H,22,23)(H3,19,21,24). The van der Waals surface area contributed by atoms with E-state index in [4.69, 9.17) is 5.73 Å². The van der Waals surface area contributed by atoms with Crippen LogP contribution in [0.1, 0.15) is 24.8 Å². The zero-order valence-corrected chi connectivity index (χ0v) is 14.7. The number of nitrogens with zero attached hydrogens (tertiary/aromatic N) is 1. The molecule has 0 aliphatic heterocycles. The summed E-state index contributed by atoms with van der Waals surface area (Å²) in [6, 6.07) is 11.2. The molecular formula is C18H22N4O2S. The van der Waals surface area contributed by atoms with E-state index in [0.717, 1.165) is 22.8 Å². The molecule has 0 atom stereocenters. The van der Waals surface area contributed by atoms with Crippen molar-refractivity contribution >= 4 is 29.4 Å². The average molecular weight is 358 g/mol. The van der Waals surface area contributed by atoms with Crippen molar-refractivity contribution in [1.29, 1.82) is 0 Å². The highest BCUT2D eigenvalue weighted by Crippen LogP contribution is 2.24. The maximum atomic E-state index is 11.9. The van der Waals surface area contributed by atoms with Gasteiger partial charge in [-0.3, -0.25) is 9.78 Å². The second-order valence-corrected chi connectivity index (χ2v) is 6.52. The summed E-state index contributed by atoms with van der Waals surface area (Å²) in [6.45, 7) is 0.492. The highest BCUT2D eigenvalue weighted by molar-refractivity contribution is 7.98. The number of urea groups is 1. The van der Waals surface area contributed by atoms with Crippen LogP contribution >= 0.6 is 11.8 Å². The number of hydrogen-bond acceptors (Lipinski definition) is 4. The largest absolute Gasteiger partial charge is 0.352 e. The number of benzene rings is 1. The Kier molecular flexibility index (Phi) is 7.78. The number of unbranched alkanes of at least 4 members (excludes halogenated alkanes) is 1. The molecule has 0 aliphatic rings. The van der Waals surface area contributed by atoms with E-state index < -0.39 is 6.03 Å². The first kappa shape index (κ1) is 18.8. The molecule has 4 N–H and O–H groups in total. The first-order valence-electron chi connectivity index (χ1n) is 8.08. The van der Waals surface area contributed by atoms with Gasteiger partial charge in [0, 0.05) is 41.7 Å². The molecule has 0 saturated carbocycles. The number of hydrogen-bond donors (Lipinski definition) is 3. The molecule has 1 aromatic heterocycles. The molecule has 2 aromatic rings. The van der Waals surface area contributed by atoms with Crippen molar-refractivity contribution in [1.82, 2.24) is 10.3 Å². The van der Waals surface area contributed by atoms with Crippen LogP contribution in [-0.2, 0) is 10.5 Å². The predicted molar refractivity (Wildman–Crippen MR) is 100 cm³/mol. The van der Waals surface area contributed by atoms with Gasteiger partial charge in [-0.25, -0.2) is 4.79 Å². The van der Waals surface area contributed by atoms with Gasteiger partial charge in [0.25, 0.3) is 0 Å². The van der Waals surface area contributed by atoms with Gasteiger partial charge in [0.2, 0.25) is 5.91 Å². The predicted octanol–water partition coefficient (Wildman–Crippen LogP) is 3.15. The number of nitrogens with two attached hydrogens (primary N) is 1. The van der Waals surface area contributed by atoms with Gasteiger partial charge in [0.1, 0.15) is 0 Å². The number of amides is 3. The number of thioether (sulfide) groups is 1. The van der Waals surface area contributed by atoms with Gasteiger partial charge in [0.05, 0.1) is 0 Å². The molecule has 0 saturated heterocycles. The van der Waals surface area contributed by atoms with Crippen molar-refractivity contribution in [2.45, 2.75) is 29.9 Å². The summed E-state index contributed by atoms with van der Waals surface area (Å²) in [6.07, 6.45) is 5.46. The number of aromatic nitrogens is 1. The number of nitrogens with one attached hydrogen (secondary N) is 2. The van der Waals surface area contributed by atoms with E-state index in [9.17, 15) is 9.59 Å². The Labute approximate surface area is 151 Å². The van der Waals surface area contributed by atoms with Crippen LogP contribution in [-0.4, -0.2) is 23.5 Å². The highest BCUT2D eigenvalue weighted by Gasteiger charge is 2.03. The molecule has 7 heteroatoms. The Morgan fingerprint density at radius 3 is 2.60 bits per heavy atom. The topological polar surface area (TPSA) is 97.1 Å². The SMILES string of the molecule is NC(=O)NCCCCC(=O)Nc1ccc(SCc2cccnc2)cc1. The molecule has 6 nitrogen and oxygen atoms in total. The van der Waals surface area contributed by atoms with Crippen LogP contribution in [0, 0.1) is 0 Å². The van der Waals surface area contributed by atoms with Crippen LogP contribution in [0.15, 0.2) is 53.7 Å². The summed E-state index contributed by atoms with van der Waals surface area (Å²) in [4.78, 5) is 27.6. The summed E-state index contributed by atoms with van der Waals surface area (Å²) in [7, 11) is 0. The minimum Gasteiger partial charge on any atom is -0.352 e. The van der Waals surface area contributed by atoms with Gasteiger partial charge in [-0.2, -0.15) is 0 Å². The molecule has 132 valence electrons. The number of pyridine rings is 1. The van der Waals surface area contributed by atoms with Crippen molar-refractivity contribution in [2.75, 3.05) is 11.9 Å². The van der Waals surface area contributed by atoms with E-state index >= 15 is 0 Å². The van der Waals surface area contributed by atoms with Crippen LogP contribution in [0.2, 0.25) is 0 Å². The Morgan fingerprint density at radius 2 is 1.92 bits per heavy atom. The summed E-state index contributed by atoms with van der Waals surface area (Å²) >= 11 is 1.73. The minimum atomic E-state index is -0.536. The molecule has 0 unspecified atom stereocenters. The van der Waals surface area contributed by atoms with E-state index in [2.05, 4.69) is 15.6 Å². The van der Waals surface area contributed by atoms with E-state index in [1.54, 1.807) is 18.0 Å². The summed E-state index contributed by atoms with van der Waals surface area (Å²) in [5.41, 5.74) is 6.93. The van der Waals surface area contributed by atoms with E-state index in [-0.39, 0.29) is 5.91 Å². The van der Waals surface area contributed by atoms with Crippen LogP contribution in [0.5, 0.6) is 0 Å². The Morgan fingerprint density at radius 1 is 1.12 bits per heavy atom. The first-order chi connectivity index (χ1) is 12.1. The van der Waals surface area contributed by atoms with Crippen molar-refractivity contribution in [3.8, 4) is 0 Å². The Bertz CT molecular complexity index is 677. The number of carbonyl (C=O) groups is 2. The van der Waals surface area contributed by atoms with Gasteiger partial charge < -0.3 is 16.4 Å². The first-order valence-corrected chi connectivity index (χ1v) is 9.07. The van der Waals surface area contributed by atoms with Crippen molar-refractivity contribution in [2.24, 2.45) is 5.73 Å². The second-order valence-electron chi connectivity index (χ2n) is 5.47. The number of primary amides is 1. The second kappa shape index (κ2) is 10.4. The molecule has 3 amide bonds. The molecule has 25 heavy (non-hydrogen) atoms. The van der Waals surface area contributed by atoms with E-state index in [1.807, 2.05) is 42.6 Å². The van der Waals surface area contributed by atoms with Gasteiger partial charge in [0.15, 0.2) is 0 Å². The van der Waals surface area contributed by atoms with Gasteiger partial charge >= 0.3 is 6.03 Å². The molecule has 0 radical (unpaired) electrons. The van der Waals surface area contributed by atoms with E-state index in [0.29, 0.717) is 19.4 Å². The monoisotopic (exact) mass is 358 g/mol. The maximum absolute atomic E-state index is 11.9. The molecule has 1 aromatic carbocycles. The lowest BCUT2D eigenvalue weighted by Gasteiger charge is -2.07. The Balaban J connectivity index is 1.68. The average Bonchev–Trinajstić information content (AvgIpc) is 2.61. The quantitative estimate of drug-likeness (QED) is 0.474. The lowest BCUT2D eigenvalue weighted by Crippen LogP contribution is -2.30. The van der Waals surface area contributed by atoms with Crippen LogP contribution in [0.25, 0.3) is 0 Å². The van der Waals surface area contributed by atoms with Gasteiger partial charge in [-0.1, -0.05) is 6.07 Å². The zero-order chi connectivity index (χ0) is 17.9. The van der Waals surface area contributed by atoms with Gasteiger partial charge in [-0.05, 0) is 48.7 Å². The fourth-order valence-corrected chi connectivity index (χ4v) is 2.96. The smallest absolute Gasteiger partial charge is 0.312 e. The molecule has 0 fully saturated rings. The summed E-state index contributed by atoms with van der Waals surface area (Å²) < 4.78 is 0. The summed E-state index contributed by atoms with van der Waals surface area (Å²) in [5.74, 6) is 0.827. The van der Waals surface area contributed by atoms with Gasteiger partial charge in [-0.15, -0.1) is 11.8 Å². The normalized spacial score (nSPS) is 10.2. The molecule has 0 bridgehead atoms. The molecule has 2 rings (SSSR count). The van der Waals surface area contributed by atoms with Crippen molar-refractivity contribution < 1.29 is 9.59 Å². The third kappa shape index (κ3) is 7.71. The molecule has 0 aliphatic carbocycles. The van der Waals surface area contributed by atoms with Crippen molar-refractivity contribution in [3.05, 3.63) is 54.4 Å². The third-order valence-corrected chi connectivity index (χ3v) is 4.48. The lowest BCUT2D eigenvalue weighted by atomic mass is 10.2. The van der Waals surface area contributed by atoms with Crippen LogP contribution in [0.3, 0.4) is 0 Å². The minimum absolute atomic E-state index is 0.0326. The molecule has 0 spiro atoms. The summed E-state index contributed by atoms with van der Waals surface area (Å²) in [5, 5.41) is 5.37.